The average Bonchev–Trinajstić information content (AvgIpc) is 2.97. The summed E-state index contributed by atoms with van der Waals surface area (Å²) in [4.78, 5) is 25.7. The van der Waals surface area contributed by atoms with Crippen LogP contribution < -0.4 is 14.9 Å². The molecule has 2 amide bonds. The van der Waals surface area contributed by atoms with Gasteiger partial charge in [0.25, 0.3) is 0 Å². The van der Waals surface area contributed by atoms with E-state index in [1.807, 2.05) is 6.92 Å². The molecule has 0 aromatic heterocycles. The number of hydrogen-bond donors (Lipinski definition) is 2. The molecule has 1 aromatic carbocycles. The van der Waals surface area contributed by atoms with Gasteiger partial charge in [0.05, 0.1) is 4.90 Å². The molecule has 2 N–H and O–H groups in total. The van der Waals surface area contributed by atoms with E-state index in [2.05, 4.69) is 10.0 Å². The molecule has 1 fully saturated rings. The van der Waals surface area contributed by atoms with E-state index in [0.717, 1.165) is 36.9 Å². The van der Waals surface area contributed by atoms with E-state index in [1.54, 1.807) is 17.0 Å². The lowest BCUT2D eigenvalue weighted by atomic mass is 9.95. The lowest BCUT2D eigenvalue weighted by molar-refractivity contribution is -0.122. The molecule has 1 aliphatic heterocycles. The number of nitrogens with zero attached hydrogens (tertiary/aromatic N) is 1. The number of rotatable bonds is 6. The van der Waals surface area contributed by atoms with Crippen molar-refractivity contribution in [2.24, 2.45) is 0 Å². The van der Waals surface area contributed by atoms with Crippen LogP contribution in [0.4, 0.5) is 5.69 Å². The van der Waals surface area contributed by atoms with E-state index in [-0.39, 0.29) is 41.8 Å². The fourth-order valence-electron chi connectivity index (χ4n) is 4.18. The van der Waals surface area contributed by atoms with Gasteiger partial charge in [0.2, 0.25) is 21.8 Å². The van der Waals surface area contributed by atoms with Gasteiger partial charge in [0.15, 0.2) is 0 Å². The van der Waals surface area contributed by atoms with E-state index in [1.165, 1.54) is 19.4 Å². The third-order valence-electron chi connectivity index (χ3n) is 5.53. The van der Waals surface area contributed by atoms with Gasteiger partial charge in [-0.05, 0) is 49.9 Å². The Balaban J connectivity index is 1.57. The van der Waals surface area contributed by atoms with Gasteiger partial charge >= 0.3 is 0 Å². The van der Waals surface area contributed by atoms with Crippen LogP contribution in [0.1, 0.15) is 57.9 Å². The molecular weight excluding hydrogens is 378 g/mol. The average molecular weight is 408 g/mol. The lowest BCUT2D eigenvalue weighted by Gasteiger charge is -2.22. The number of fused-ring (bicyclic) bond motifs is 1. The topological polar surface area (TPSA) is 95.6 Å². The van der Waals surface area contributed by atoms with Gasteiger partial charge in [-0.2, -0.15) is 0 Å². The van der Waals surface area contributed by atoms with E-state index in [0.29, 0.717) is 6.42 Å². The Hall–Kier alpha value is -1.93. The lowest BCUT2D eigenvalue weighted by Crippen LogP contribution is -2.38. The number of benzene rings is 1. The van der Waals surface area contributed by atoms with Gasteiger partial charge in [-0.15, -0.1) is 0 Å². The second-order valence-electron chi connectivity index (χ2n) is 7.78. The van der Waals surface area contributed by atoms with Crippen LogP contribution in [-0.4, -0.2) is 38.9 Å². The summed E-state index contributed by atoms with van der Waals surface area (Å²) in [5.74, 6) is -0.168. The van der Waals surface area contributed by atoms with Crippen molar-refractivity contribution < 1.29 is 18.0 Å². The molecule has 0 radical (unpaired) electrons. The van der Waals surface area contributed by atoms with Crippen molar-refractivity contribution in [3.63, 3.8) is 0 Å². The van der Waals surface area contributed by atoms with Crippen LogP contribution >= 0.6 is 0 Å². The van der Waals surface area contributed by atoms with Crippen molar-refractivity contribution in [1.29, 1.82) is 0 Å². The van der Waals surface area contributed by atoms with E-state index in [9.17, 15) is 18.0 Å². The molecule has 2 aliphatic rings. The fraction of sp³-hybridized carbons (Fsp3) is 0.600. The zero-order valence-corrected chi connectivity index (χ0v) is 17.3. The Morgan fingerprint density at radius 3 is 2.57 bits per heavy atom. The molecule has 0 unspecified atom stereocenters. The maximum absolute atomic E-state index is 12.6. The highest BCUT2D eigenvalue weighted by Gasteiger charge is 2.30. The predicted molar refractivity (Wildman–Crippen MR) is 108 cm³/mol. The minimum atomic E-state index is -3.70. The molecule has 154 valence electrons. The summed E-state index contributed by atoms with van der Waals surface area (Å²) in [5.41, 5.74) is 1.62. The maximum Gasteiger partial charge on any atom is 0.240 e. The summed E-state index contributed by atoms with van der Waals surface area (Å²) in [6, 6.07) is 5.06. The minimum absolute atomic E-state index is 0.0156. The molecular formula is C20H29N3O4S. The number of nitrogens with one attached hydrogen (secondary N) is 2. The minimum Gasteiger partial charge on any atom is -0.353 e. The molecule has 0 bridgehead atoms. The first-order valence-electron chi connectivity index (χ1n) is 9.99. The molecule has 0 saturated heterocycles. The maximum atomic E-state index is 12.6. The first kappa shape index (κ1) is 20.8. The number of carbonyl (C=O) groups excluding carboxylic acids is 2. The number of amides is 2. The second-order valence-corrected chi connectivity index (χ2v) is 9.55. The van der Waals surface area contributed by atoms with Gasteiger partial charge in [-0.3, -0.25) is 9.59 Å². The Morgan fingerprint density at radius 2 is 1.89 bits per heavy atom. The normalized spacial score (nSPS) is 20.1. The van der Waals surface area contributed by atoms with Crippen molar-refractivity contribution >= 4 is 27.5 Å². The molecule has 3 rings (SSSR count). The Morgan fingerprint density at radius 1 is 1.18 bits per heavy atom. The Kier molecular flexibility index (Phi) is 6.40. The van der Waals surface area contributed by atoms with E-state index in [4.69, 9.17) is 0 Å². The van der Waals surface area contributed by atoms with Crippen LogP contribution in [0.5, 0.6) is 0 Å². The van der Waals surface area contributed by atoms with Gasteiger partial charge in [-0.25, -0.2) is 13.1 Å². The van der Waals surface area contributed by atoms with Gasteiger partial charge in [-0.1, -0.05) is 19.3 Å². The first-order valence-corrected chi connectivity index (χ1v) is 11.5. The molecule has 1 aromatic rings. The van der Waals surface area contributed by atoms with Crippen LogP contribution in [0.2, 0.25) is 0 Å². The Labute approximate surface area is 166 Å². The summed E-state index contributed by atoms with van der Waals surface area (Å²) < 4.78 is 27.7. The van der Waals surface area contributed by atoms with Crippen molar-refractivity contribution in [3.05, 3.63) is 23.8 Å². The van der Waals surface area contributed by atoms with Crippen LogP contribution in [0.15, 0.2) is 23.1 Å². The molecule has 8 heteroatoms. The quantitative estimate of drug-likeness (QED) is 0.755. The monoisotopic (exact) mass is 407 g/mol. The summed E-state index contributed by atoms with van der Waals surface area (Å²) in [6.07, 6.45) is 6.24. The number of hydrogen-bond acceptors (Lipinski definition) is 4. The van der Waals surface area contributed by atoms with E-state index < -0.39 is 10.0 Å². The van der Waals surface area contributed by atoms with Crippen molar-refractivity contribution in [1.82, 2.24) is 10.0 Å². The first-order chi connectivity index (χ1) is 13.3. The summed E-state index contributed by atoms with van der Waals surface area (Å²) in [7, 11) is -3.70. The molecule has 28 heavy (non-hydrogen) atoms. The standard InChI is InChI=1S/C20H29N3O4S/c1-14-12-16-13-18(8-9-19(16)23(14)15(2)24)28(26,27)21-11-10-20(25)22-17-6-4-3-5-7-17/h8-9,13-14,17,21H,3-7,10-12H2,1-2H3,(H,22,25)/t14-/m0/s1. The van der Waals surface area contributed by atoms with Gasteiger partial charge < -0.3 is 10.2 Å². The number of carbonyl (C=O) groups is 2. The van der Waals surface area contributed by atoms with Crippen molar-refractivity contribution in [3.8, 4) is 0 Å². The largest absolute Gasteiger partial charge is 0.353 e. The second kappa shape index (κ2) is 8.61. The summed E-state index contributed by atoms with van der Waals surface area (Å²) in [6.45, 7) is 3.52. The van der Waals surface area contributed by atoms with Crippen molar-refractivity contribution in [2.45, 2.75) is 75.8 Å². The molecule has 1 heterocycles. The third kappa shape index (κ3) is 4.72. The van der Waals surface area contributed by atoms with Crippen molar-refractivity contribution in [2.75, 3.05) is 11.4 Å². The highest BCUT2D eigenvalue weighted by atomic mass is 32.2. The molecule has 7 nitrogen and oxygen atoms in total. The van der Waals surface area contributed by atoms with Crippen LogP contribution in [0.25, 0.3) is 0 Å². The summed E-state index contributed by atoms with van der Waals surface area (Å²) in [5, 5.41) is 2.99. The van der Waals surface area contributed by atoms with Crippen LogP contribution in [0, 0.1) is 0 Å². The smallest absolute Gasteiger partial charge is 0.240 e. The number of anilines is 1. The summed E-state index contributed by atoms with van der Waals surface area (Å²) >= 11 is 0. The molecule has 1 atom stereocenters. The van der Waals surface area contributed by atoms with E-state index >= 15 is 0 Å². The highest BCUT2D eigenvalue weighted by Crippen LogP contribution is 2.33. The van der Waals surface area contributed by atoms with Gasteiger partial charge in [0.1, 0.15) is 0 Å². The van der Waals surface area contributed by atoms with Crippen LogP contribution in [0.3, 0.4) is 0 Å². The molecule has 0 spiro atoms. The zero-order chi connectivity index (χ0) is 20.3. The SMILES string of the molecule is CC(=O)N1c2ccc(S(=O)(=O)NCCC(=O)NC3CCCCC3)cc2C[C@@H]1C. The fourth-order valence-corrected chi connectivity index (χ4v) is 5.27. The highest BCUT2D eigenvalue weighted by molar-refractivity contribution is 7.89. The molecule has 1 aliphatic carbocycles. The molecule has 1 saturated carbocycles. The number of sulfonamides is 1. The Bertz CT molecular complexity index is 847. The van der Waals surface area contributed by atoms with Crippen LogP contribution in [-0.2, 0) is 26.0 Å². The predicted octanol–water partition coefficient (Wildman–Crippen LogP) is 2.10. The third-order valence-corrected chi connectivity index (χ3v) is 6.99. The zero-order valence-electron chi connectivity index (χ0n) is 16.5. The van der Waals surface area contributed by atoms with Gasteiger partial charge in [0, 0.05) is 37.7 Å².